The van der Waals surface area contributed by atoms with E-state index >= 15 is 0 Å². The number of nitrogens with one attached hydrogen (secondary N) is 2. The molecule has 0 amide bonds. The van der Waals surface area contributed by atoms with Crippen LogP contribution in [-0.4, -0.2) is 29.6 Å². The van der Waals surface area contributed by atoms with E-state index < -0.39 is 14.9 Å². The molecule has 0 aliphatic rings. The van der Waals surface area contributed by atoms with E-state index in [1.165, 1.54) is 30.6 Å². The van der Waals surface area contributed by atoms with Crippen molar-refractivity contribution in [3.63, 3.8) is 0 Å². The summed E-state index contributed by atoms with van der Waals surface area (Å²) >= 11 is 0. The van der Waals surface area contributed by atoms with Crippen LogP contribution in [0.25, 0.3) is 0 Å². The Morgan fingerprint density at radius 1 is 1.19 bits per heavy atom. The zero-order valence-electron chi connectivity index (χ0n) is 10.8. The number of sulfonamides is 1. The molecule has 0 radical (unpaired) electrons. The highest BCUT2D eigenvalue weighted by Crippen LogP contribution is 2.29. The van der Waals surface area contributed by atoms with Gasteiger partial charge in [-0.05, 0) is 12.1 Å². The van der Waals surface area contributed by atoms with Gasteiger partial charge in [-0.25, -0.2) is 18.4 Å². The second-order valence-electron chi connectivity index (χ2n) is 4.06. The summed E-state index contributed by atoms with van der Waals surface area (Å²) in [7, 11) is -3.53. The monoisotopic (exact) mass is 309 g/mol. The molecule has 0 spiro atoms. The summed E-state index contributed by atoms with van der Waals surface area (Å²) in [5.74, 6) is 0.189. The SMILES string of the molecule is CS(=O)(=O)Nc1ccc([N+](=O)[O-])cc1Nc1ncccn1. The minimum Gasteiger partial charge on any atom is -0.322 e. The lowest BCUT2D eigenvalue weighted by Crippen LogP contribution is -2.11. The highest BCUT2D eigenvalue weighted by Gasteiger charge is 2.14. The van der Waals surface area contributed by atoms with Crippen LogP contribution < -0.4 is 10.0 Å². The number of anilines is 3. The van der Waals surface area contributed by atoms with Crippen LogP contribution in [0.5, 0.6) is 0 Å². The Hall–Kier alpha value is -2.75. The van der Waals surface area contributed by atoms with Crippen LogP contribution in [0, 0.1) is 10.1 Å². The predicted molar refractivity (Wildman–Crippen MR) is 76.9 cm³/mol. The highest BCUT2D eigenvalue weighted by atomic mass is 32.2. The van der Waals surface area contributed by atoms with Gasteiger partial charge in [-0.3, -0.25) is 14.8 Å². The van der Waals surface area contributed by atoms with E-state index in [4.69, 9.17) is 0 Å². The molecule has 21 heavy (non-hydrogen) atoms. The Balaban J connectivity index is 2.43. The smallest absolute Gasteiger partial charge is 0.271 e. The van der Waals surface area contributed by atoms with Gasteiger partial charge < -0.3 is 5.32 Å². The summed E-state index contributed by atoms with van der Waals surface area (Å²) in [4.78, 5) is 18.1. The van der Waals surface area contributed by atoms with Crippen LogP contribution in [0.15, 0.2) is 36.7 Å². The summed E-state index contributed by atoms with van der Waals surface area (Å²) in [5.41, 5.74) is 0.156. The highest BCUT2D eigenvalue weighted by molar-refractivity contribution is 7.92. The lowest BCUT2D eigenvalue weighted by Gasteiger charge is -2.11. The molecule has 0 fully saturated rings. The van der Waals surface area contributed by atoms with Crippen molar-refractivity contribution >= 4 is 33.0 Å². The summed E-state index contributed by atoms with van der Waals surface area (Å²) < 4.78 is 24.9. The van der Waals surface area contributed by atoms with E-state index in [1.807, 2.05) is 0 Å². The Labute approximate surface area is 120 Å². The summed E-state index contributed by atoms with van der Waals surface area (Å²) in [6.45, 7) is 0. The van der Waals surface area contributed by atoms with Gasteiger partial charge in [-0.2, -0.15) is 0 Å². The topological polar surface area (TPSA) is 127 Å². The van der Waals surface area contributed by atoms with Crippen molar-refractivity contribution in [1.82, 2.24) is 9.97 Å². The molecule has 0 unspecified atom stereocenters. The van der Waals surface area contributed by atoms with Crippen molar-refractivity contribution < 1.29 is 13.3 Å². The molecule has 1 heterocycles. The standard InChI is InChI=1S/C11H11N5O4S/c1-21(19,20)15-9-4-3-8(16(17)18)7-10(9)14-11-12-5-2-6-13-11/h2-7,15H,1H3,(H,12,13,14). The number of hydrogen-bond donors (Lipinski definition) is 2. The second kappa shape index (κ2) is 5.71. The van der Waals surface area contributed by atoms with Gasteiger partial charge in [-0.1, -0.05) is 0 Å². The number of hydrogen-bond acceptors (Lipinski definition) is 7. The largest absolute Gasteiger partial charge is 0.322 e. The van der Waals surface area contributed by atoms with Crippen LogP contribution in [0.3, 0.4) is 0 Å². The van der Waals surface area contributed by atoms with E-state index in [9.17, 15) is 18.5 Å². The first-order valence-corrected chi connectivity index (χ1v) is 7.54. The fourth-order valence-electron chi connectivity index (χ4n) is 1.52. The normalized spacial score (nSPS) is 10.9. The van der Waals surface area contributed by atoms with E-state index in [0.717, 1.165) is 6.26 Å². The van der Waals surface area contributed by atoms with Crippen molar-refractivity contribution in [1.29, 1.82) is 0 Å². The Morgan fingerprint density at radius 2 is 1.86 bits per heavy atom. The molecule has 9 nitrogen and oxygen atoms in total. The summed E-state index contributed by atoms with van der Waals surface area (Å²) in [5, 5.41) is 13.5. The third-order valence-corrected chi connectivity index (χ3v) is 2.91. The number of nitro benzene ring substituents is 1. The van der Waals surface area contributed by atoms with Crippen LogP contribution in [0.1, 0.15) is 0 Å². The van der Waals surface area contributed by atoms with E-state index in [2.05, 4.69) is 20.0 Å². The molecule has 110 valence electrons. The van der Waals surface area contributed by atoms with E-state index in [1.54, 1.807) is 6.07 Å². The quantitative estimate of drug-likeness (QED) is 0.632. The van der Waals surface area contributed by atoms with Gasteiger partial charge in [0, 0.05) is 24.5 Å². The van der Waals surface area contributed by atoms with Gasteiger partial charge in [0.15, 0.2) is 0 Å². The molecule has 1 aromatic carbocycles. The third-order valence-electron chi connectivity index (χ3n) is 2.32. The molecular formula is C11H11N5O4S. The number of rotatable bonds is 5. The number of aromatic nitrogens is 2. The van der Waals surface area contributed by atoms with Crippen LogP contribution in [0.4, 0.5) is 23.0 Å². The molecular weight excluding hydrogens is 298 g/mol. The number of benzene rings is 1. The third kappa shape index (κ3) is 4.11. The maximum Gasteiger partial charge on any atom is 0.271 e. The molecule has 2 aromatic rings. The van der Waals surface area contributed by atoms with Crippen molar-refractivity contribution in [3.8, 4) is 0 Å². The van der Waals surface area contributed by atoms with E-state index in [-0.39, 0.29) is 23.0 Å². The predicted octanol–water partition coefficient (Wildman–Crippen LogP) is 1.50. The van der Waals surface area contributed by atoms with Crippen molar-refractivity contribution in [3.05, 3.63) is 46.8 Å². The van der Waals surface area contributed by atoms with Gasteiger partial charge >= 0.3 is 0 Å². The molecule has 0 aliphatic carbocycles. The lowest BCUT2D eigenvalue weighted by atomic mass is 10.2. The lowest BCUT2D eigenvalue weighted by molar-refractivity contribution is -0.384. The van der Waals surface area contributed by atoms with Gasteiger partial charge in [-0.15, -0.1) is 0 Å². The Morgan fingerprint density at radius 3 is 2.43 bits per heavy atom. The van der Waals surface area contributed by atoms with Crippen LogP contribution >= 0.6 is 0 Å². The Kier molecular flexibility index (Phi) is 3.98. The first-order valence-electron chi connectivity index (χ1n) is 5.65. The van der Waals surface area contributed by atoms with Crippen molar-refractivity contribution in [2.24, 2.45) is 0 Å². The zero-order valence-corrected chi connectivity index (χ0v) is 11.7. The molecule has 1 aromatic heterocycles. The molecule has 2 N–H and O–H groups in total. The van der Waals surface area contributed by atoms with Gasteiger partial charge in [0.25, 0.3) is 5.69 Å². The minimum atomic E-state index is -3.53. The molecule has 0 bridgehead atoms. The average molecular weight is 309 g/mol. The van der Waals surface area contributed by atoms with Gasteiger partial charge in [0.2, 0.25) is 16.0 Å². The average Bonchev–Trinajstić information content (AvgIpc) is 2.40. The van der Waals surface area contributed by atoms with Crippen LogP contribution in [0.2, 0.25) is 0 Å². The van der Waals surface area contributed by atoms with Crippen molar-refractivity contribution in [2.45, 2.75) is 0 Å². The van der Waals surface area contributed by atoms with Crippen LogP contribution in [-0.2, 0) is 10.0 Å². The summed E-state index contributed by atoms with van der Waals surface area (Å²) in [6, 6.07) is 5.30. The van der Waals surface area contributed by atoms with E-state index in [0.29, 0.717) is 0 Å². The number of non-ortho nitro benzene ring substituents is 1. The molecule has 2 rings (SSSR count). The molecule has 0 atom stereocenters. The first kappa shape index (κ1) is 14.7. The fraction of sp³-hybridized carbons (Fsp3) is 0.0909. The summed E-state index contributed by atoms with van der Waals surface area (Å²) in [6.07, 6.45) is 3.95. The Bertz CT molecular complexity index is 763. The first-order chi connectivity index (χ1) is 9.85. The molecule has 0 saturated heterocycles. The maximum atomic E-state index is 11.3. The minimum absolute atomic E-state index is 0.163. The van der Waals surface area contributed by atoms with Gasteiger partial charge in [0.1, 0.15) is 0 Å². The van der Waals surface area contributed by atoms with Crippen molar-refractivity contribution in [2.75, 3.05) is 16.3 Å². The number of nitro groups is 1. The van der Waals surface area contributed by atoms with Gasteiger partial charge in [0.05, 0.1) is 22.6 Å². The molecule has 0 saturated carbocycles. The zero-order chi connectivity index (χ0) is 15.5. The second-order valence-corrected chi connectivity index (χ2v) is 5.81. The molecule has 10 heteroatoms. The maximum absolute atomic E-state index is 11.3. The number of nitrogens with zero attached hydrogens (tertiary/aromatic N) is 3. The fourth-order valence-corrected chi connectivity index (χ4v) is 2.10. The molecule has 0 aliphatic heterocycles.